The van der Waals surface area contributed by atoms with Gasteiger partial charge in [0, 0.05) is 0 Å². The summed E-state index contributed by atoms with van der Waals surface area (Å²) in [6.07, 6.45) is 4.88. The number of nitrogens with one attached hydrogen (secondary N) is 2. The Kier molecular flexibility index (Phi) is 5.37. The van der Waals surface area contributed by atoms with Crippen LogP contribution in [0.2, 0.25) is 0 Å². The van der Waals surface area contributed by atoms with Gasteiger partial charge in [0.25, 0.3) is 5.91 Å². The first kappa shape index (κ1) is 17.5. The molecule has 1 fully saturated rings. The van der Waals surface area contributed by atoms with Gasteiger partial charge in [-0.25, -0.2) is 0 Å². The van der Waals surface area contributed by atoms with Crippen LogP contribution in [0.4, 0.5) is 0 Å². The average Bonchev–Trinajstić information content (AvgIpc) is 3.32. The number of hydrogen-bond acceptors (Lipinski definition) is 5. The van der Waals surface area contributed by atoms with E-state index in [1.807, 2.05) is 17.7 Å². The zero-order valence-corrected chi connectivity index (χ0v) is 14.9. The third-order valence-electron chi connectivity index (χ3n) is 4.48. The zero-order valence-electron chi connectivity index (χ0n) is 14.9. The van der Waals surface area contributed by atoms with Gasteiger partial charge in [-0.3, -0.25) is 14.6 Å². The molecular formula is C17H25N5O3. The molecule has 1 amide bonds. The number of carbonyl (C=O) groups is 1. The van der Waals surface area contributed by atoms with Gasteiger partial charge in [0.2, 0.25) is 0 Å². The van der Waals surface area contributed by atoms with Crippen molar-refractivity contribution in [2.45, 2.75) is 51.8 Å². The van der Waals surface area contributed by atoms with Gasteiger partial charge >= 0.3 is 0 Å². The van der Waals surface area contributed by atoms with E-state index in [2.05, 4.69) is 34.5 Å². The molecule has 3 heterocycles. The fraction of sp³-hybridized carbons (Fsp3) is 0.588. The molecule has 0 unspecified atom stereocenters. The summed E-state index contributed by atoms with van der Waals surface area (Å²) >= 11 is 0. The van der Waals surface area contributed by atoms with Crippen molar-refractivity contribution < 1.29 is 14.3 Å². The molecule has 0 saturated carbocycles. The van der Waals surface area contributed by atoms with Crippen molar-refractivity contribution in [1.29, 1.82) is 0 Å². The topological polar surface area (TPSA) is 94.1 Å². The van der Waals surface area contributed by atoms with E-state index in [0.717, 1.165) is 18.5 Å². The summed E-state index contributed by atoms with van der Waals surface area (Å²) < 4.78 is 13.2. The largest absolute Gasteiger partial charge is 0.482 e. The highest BCUT2D eigenvalue weighted by molar-refractivity contribution is 5.93. The molecular weight excluding hydrogens is 322 g/mol. The minimum absolute atomic E-state index is 0.149. The van der Waals surface area contributed by atoms with Gasteiger partial charge in [0.15, 0.2) is 5.75 Å². The summed E-state index contributed by atoms with van der Waals surface area (Å²) in [5, 5.41) is 14.1. The van der Waals surface area contributed by atoms with Crippen LogP contribution in [0.25, 0.3) is 0 Å². The first-order valence-electron chi connectivity index (χ1n) is 8.72. The number of ether oxygens (including phenoxy) is 2. The minimum Gasteiger partial charge on any atom is -0.482 e. The first-order chi connectivity index (χ1) is 12.1. The predicted octanol–water partition coefficient (Wildman–Crippen LogP) is 1.85. The molecule has 0 aliphatic carbocycles. The maximum absolute atomic E-state index is 12.8. The lowest BCUT2D eigenvalue weighted by molar-refractivity contribution is 0.0890. The van der Waals surface area contributed by atoms with E-state index in [1.165, 1.54) is 0 Å². The summed E-state index contributed by atoms with van der Waals surface area (Å²) in [5.74, 6) is 0.483. The molecule has 1 aliphatic heterocycles. The summed E-state index contributed by atoms with van der Waals surface area (Å²) in [6, 6.07) is 1.83. The molecule has 136 valence electrons. The van der Waals surface area contributed by atoms with Crippen LogP contribution in [0.1, 0.15) is 48.9 Å². The number of aromatic amines is 1. The first-order valence-corrected chi connectivity index (χ1v) is 8.72. The van der Waals surface area contributed by atoms with E-state index in [-0.39, 0.29) is 24.1 Å². The molecule has 8 heteroatoms. The second kappa shape index (κ2) is 7.69. The van der Waals surface area contributed by atoms with Crippen molar-refractivity contribution in [1.82, 2.24) is 25.3 Å². The number of aromatic nitrogens is 4. The van der Waals surface area contributed by atoms with E-state index in [9.17, 15) is 4.79 Å². The summed E-state index contributed by atoms with van der Waals surface area (Å²) in [6.45, 7) is 6.96. The van der Waals surface area contributed by atoms with Gasteiger partial charge in [-0.1, -0.05) is 13.8 Å². The Balaban J connectivity index is 1.71. The Morgan fingerprint density at radius 2 is 2.28 bits per heavy atom. The van der Waals surface area contributed by atoms with E-state index >= 15 is 0 Å². The number of aryl methyl sites for hydroxylation is 1. The lowest BCUT2D eigenvalue weighted by Gasteiger charge is -2.21. The summed E-state index contributed by atoms with van der Waals surface area (Å²) in [5.41, 5.74) is 1.42. The van der Waals surface area contributed by atoms with Crippen molar-refractivity contribution in [3.8, 4) is 5.75 Å². The standard InChI is InChI=1S/C17H25N5O3/c1-4-12(5-2)22-15(6-11(3)21-22)17(23)20-14-9-24-10-16(14)25-13-7-18-19-8-13/h6-8,12,14,16H,4-5,9-10H2,1-3H3,(H,18,19)(H,20,23)/t14-,16+/m0/s1. The fourth-order valence-corrected chi connectivity index (χ4v) is 3.11. The highest BCUT2D eigenvalue weighted by Crippen LogP contribution is 2.20. The Bertz CT molecular complexity index is 693. The monoisotopic (exact) mass is 347 g/mol. The smallest absolute Gasteiger partial charge is 0.270 e. The van der Waals surface area contributed by atoms with Crippen molar-refractivity contribution in [2.24, 2.45) is 0 Å². The quantitative estimate of drug-likeness (QED) is 0.797. The molecule has 1 saturated heterocycles. The van der Waals surface area contributed by atoms with Crippen LogP contribution in [0.5, 0.6) is 5.75 Å². The van der Waals surface area contributed by atoms with Crippen LogP contribution in [0.15, 0.2) is 18.5 Å². The SMILES string of the molecule is CCC(CC)n1nc(C)cc1C(=O)N[C@H]1COC[C@H]1Oc1cn[nH]c1. The molecule has 2 N–H and O–H groups in total. The van der Waals surface area contributed by atoms with Crippen molar-refractivity contribution in [3.05, 3.63) is 29.8 Å². The van der Waals surface area contributed by atoms with E-state index in [4.69, 9.17) is 9.47 Å². The number of amides is 1. The van der Waals surface area contributed by atoms with Crippen LogP contribution < -0.4 is 10.1 Å². The number of H-pyrrole nitrogens is 1. The third kappa shape index (κ3) is 3.84. The molecule has 2 aromatic rings. The van der Waals surface area contributed by atoms with Gasteiger partial charge in [-0.05, 0) is 25.8 Å². The normalized spacial score (nSPS) is 20.2. The Labute approximate surface area is 146 Å². The molecule has 0 radical (unpaired) electrons. The molecule has 8 nitrogen and oxygen atoms in total. The average molecular weight is 347 g/mol. The Hall–Kier alpha value is -2.35. The van der Waals surface area contributed by atoms with Crippen molar-refractivity contribution in [2.75, 3.05) is 13.2 Å². The zero-order chi connectivity index (χ0) is 17.8. The summed E-state index contributed by atoms with van der Waals surface area (Å²) in [7, 11) is 0. The predicted molar refractivity (Wildman–Crippen MR) is 91.7 cm³/mol. The van der Waals surface area contributed by atoms with Crippen LogP contribution in [0, 0.1) is 6.92 Å². The van der Waals surface area contributed by atoms with Gasteiger partial charge in [-0.15, -0.1) is 0 Å². The number of hydrogen-bond donors (Lipinski definition) is 2. The number of carbonyl (C=O) groups excluding carboxylic acids is 1. The van der Waals surface area contributed by atoms with Crippen LogP contribution >= 0.6 is 0 Å². The number of rotatable bonds is 7. The molecule has 2 atom stereocenters. The minimum atomic E-state index is -0.243. The molecule has 25 heavy (non-hydrogen) atoms. The van der Waals surface area contributed by atoms with Gasteiger partial charge in [0.05, 0.1) is 43.4 Å². The van der Waals surface area contributed by atoms with Gasteiger partial charge < -0.3 is 14.8 Å². The highest BCUT2D eigenvalue weighted by Gasteiger charge is 2.33. The maximum atomic E-state index is 12.8. The number of nitrogens with zero attached hydrogens (tertiary/aromatic N) is 3. The second-order valence-electron chi connectivity index (χ2n) is 6.29. The Morgan fingerprint density at radius 3 is 2.96 bits per heavy atom. The fourth-order valence-electron chi connectivity index (χ4n) is 3.11. The van der Waals surface area contributed by atoms with Gasteiger partial charge in [-0.2, -0.15) is 10.2 Å². The van der Waals surface area contributed by atoms with E-state index in [1.54, 1.807) is 12.4 Å². The Morgan fingerprint density at radius 1 is 1.48 bits per heavy atom. The van der Waals surface area contributed by atoms with Crippen molar-refractivity contribution in [3.63, 3.8) is 0 Å². The molecule has 1 aliphatic rings. The summed E-state index contributed by atoms with van der Waals surface area (Å²) in [4.78, 5) is 12.8. The van der Waals surface area contributed by atoms with E-state index in [0.29, 0.717) is 24.7 Å². The maximum Gasteiger partial charge on any atom is 0.270 e. The third-order valence-corrected chi connectivity index (χ3v) is 4.48. The highest BCUT2D eigenvalue weighted by atomic mass is 16.5. The molecule has 2 aromatic heterocycles. The molecule has 0 spiro atoms. The van der Waals surface area contributed by atoms with Crippen LogP contribution in [-0.2, 0) is 4.74 Å². The molecule has 0 aromatic carbocycles. The van der Waals surface area contributed by atoms with Gasteiger partial charge in [0.1, 0.15) is 11.8 Å². The van der Waals surface area contributed by atoms with Crippen LogP contribution in [-0.4, -0.2) is 51.2 Å². The molecule has 3 rings (SSSR count). The van der Waals surface area contributed by atoms with Crippen molar-refractivity contribution >= 4 is 5.91 Å². The second-order valence-corrected chi connectivity index (χ2v) is 6.29. The lowest BCUT2D eigenvalue weighted by Crippen LogP contribution is -2.45. The van der Waals surface area contributed by atoms with E-state index < -0.39 is 0 Å². The lowest BCUT2D eigenvalue weighted by atomic mass is 10.1. The van der Waals surface area contributed by atoms with Crippen LogP contribution in [0.3, 0.4) is 0 Å². The molecule has 0 bridgehead atoms.